The van der Waals surface area contributed by atoms with Crippen molar-refractivity contribution in [2.24, 2.45) is 7.05 Å². The van der Waals surface area contributed by atoms with Gasteiger partial charge in [0.1, 0.15) is 28.9 Å². The van der Waals surface area contributed by atoms with Crippen molar-refractivity contribution in [2.75, 3.05) is 17.7 Å². The standard InChI is InChI=1S/C26H26N8O2/c1-15-8-16(4-7-23(15)36-18-5-6-22-20(11-18)30-14-34(22)2)31-25-24-21(28-13-29-25)12-27-26(33-24)32-17-9-19(10-17)35-3/h4-8,11-14,17,19H,9-10H2,1-3H3,(H,27,32,33)(H,28,29,31)/t17-,19+. The predicted octanol–water partition coefficient (Wildman–Crippen LogP) is 4.74. The molecule has 0 atom stereocenters. The number of hydrogen-bond donors (Lipinski definition) is 2. The third kappa shape index (κ3) is 4.27. The van der Waals surface area contributed by atoms with Crippen molar-refractivity contribution >= 4 is 39.5 Å². The monoisotopic (exact) mass is 482 g/mol. The van der Waals surface area contributed by atoms with Crippen LogP contribution in [0.3, 0.4) is 0 Å². The van der Waals surface area contributed by atoms with Gasteiger partial charge in [0.15, 0.2) is 5.82 Å². The van der Waals surface area contributed by atoms with E-state index in [0.29, 0.717) is 34.9 Å². The van der Waals surface area contributed by atoms with Crippen LogP contribution in [0, 0.1) is 6.92 Å². The van der Waals surface area contributed by atoms with Crippen LogP contribution in [0.25, 0.3) is 22.1 Å². The first kappa shape index (κ1) is 22.2. The van der Waals surface area contributed by atoms with Crippen LogP contribution < -0.4 is 15.4 Å². The summed E-state index contributed by atoms with van der Waals surface area (Å²) in [5, 5.41) is 6.74. The van der Waals surface area contributed by atoms with E-state index >= 15 is 0 Å². The summed E-state index contributed by atoms with van der Waals surface area (Å²) in [6.45, 7) is 2.01. The maximum Gasteiger partial charge on any atom is 0.223 e. The normalized spacial score (nSPS) is 17.2. The number of hydrogen-bond acceptors (Lipinski definition) is 9. The molecule has 0 unspecified atom stereocenters. The van der Waals surface area contributed by atoms with Gasteiger partial charge >= 0.3 is 0 Å². The summed E-state index contributed by atoms with van der Waals surface area (Å²) in [7, 11) is 3.71. The lowest BCUT2D eigenvalue weighted by Gasteiger charge is -2.34. The molecule has 10 nitrogen and oxygen atoms in total. The van der Waals surface area contributed by atoms with Gasteiger partial charge in [-0.3, -0.25) is 0 Å². The first-order valence-corrected chi connectivity index (χ1v) is 11.8. The van der Waals surface area contributed by atoms with Gasteiger partial charge in [-0.05, 0) is 55.7 Å². The van der Waals surface area contributed by atoms with Crippen molar-refractivity contribution in [1.82, 2.24) is 29.5 Å². The fourth-order valence-electron chi connectivity index (χ4n) is 4.36. The lowest BCUT2D eigenvalue weighted by Crippen LogP contribution is -2.40. The lowest BCUT2D eigenvalue weighted by molar-refractivity contribution is 0.0327. The average Bonchev–Trinajstić information content (AvgIpc) is 3.23. The van der Waals surface area contributed by atoms with Crippen molar-refractivity contribution in [1.29, 1.82) is 0 Å². The van der Waals surface area contributed by atoms with Crippen molar-refractivity contribution < 1.29 is 9.47 Å². The molecule has 182 valence electrons. The van der Waals surface area contributed by atoms with E-state index in [1.165, 1.54) is 6.33 Å². The number of methoxy groups -OCH3 is 1. The Balaban J connectivity index is 1.20. The molecule has 1 fully saturated rings. The second-order valence-electron chi connectivity index (χ2n) is 9.03. The van der Waals surface area contributed by atoms with Gasteiger partial charge in [-0.2, -0.15) is 0 Å². The summed E-state index contributed by atoms with van der Waals surface area (Å²) in [5.74, 6) is 2.69. The molecule has 10 heteroatoms. The van der Waals surface area contributed by atoms with Gasteiger partial charge in [0.2, 0.25) is 5.95 Å². The molecule has 3 aromatic heterocycles. The summed E-state index contributed by atoms with van der Waals surface area (Å²) in [6.07, 6.45) is 7.20. The molecule has 1 saturated carbocycles. The minimum atomic E-state index is 0.302. The Bertz CT molecular complexity index is 1560. The molecule has 6 rings (SSSR count). The average molecular weight is 483 g/mol. The highest BCUT2D eigenvalue weighted by molar-refractivity contribution is 5.87. The number of fused-ring (bicyclic) bond motifs is 2. The minimum Gasteiger partial charge on any atom is -0.457 e. The van der Waals surface area contributed by atoms with Gasteiger partial charge in [-0.25, -0.2) is 24.9 Å². The highest BCUT2D eigenvalue weighted by Gasteiger charge is 2.29. The van der Waals surface area contributed by atoms with Crippen LogP contribution in [0.5, 0.6) is 11.5 Å². The van der Waals surface area contributed by atoms with E-state index in [2.05, 4.69) is 35.6 Å². The largest absolute Gasteiger partial charge is 0.457 e. The number of nitrogens with one attached hydrogen (secondary N) is 2. The zero-order chi connectivity index (χ0) is 24.6. The van der Waals surface area contributed by atoms with E-state index < -0.39 is 0 Å². The molecule has 1 aliphatic rings. The maximum atomic E-state index is 6.15. The van der Waals surface area contributed by atoms with Crippen LogP contribution in [0.2, 0.25) is 0 Å². The highest BCUT2D eigenvalue weighted by Crippen LogP contribution is 2.31. The van der Waals surface area contributed by atoms with E-state index in [4.69, 9.17) is 9.47 Å². The highest BCUT2D eigenvalue weighted by atomic mass is 16.5. The molecule has 5 aromatic rings. The van der Waals surface area contributed by atoms with Gasteiger partial charge < -0.3 is 24.7 Å². The number of ether oxygens (including phenoxy) is 2. The molecule has 36 heavy (non-hydrogen) atoms. The fraction of sp³-hybridized carbons (Fsp3) is 0.269. The number of nitrogens with zero attached hydrogens (tertiary/aromatic N) is 6. The summed E-state index contributed by atoms with van der Waals surface area (Å²) in [6, 6.07) is 12.1. The Morgan fingerprint density at radius 2 is 1.89 bits per heavy atom. The summed E-state index contributed by atoms with van der Waals surface area (Å²) >= 11 is 0. The summed E-state index contributed by atoms with van der Waals surface area (Å²) < 4.78 is 13.5. The quantitative estimate of drug-likeness (QED) is 0.340. The van der Waals surface area contributed by atoms with Gasteiger partial charge in [-0.15, -0.1) is 0 Å². The molecule has 1 aliphatic carbocycles. The number of aromatic nitrogens is 6. The Labute approximate surface area is 207 Å². The first-order chi connectivity index (χ1) is 17.6. The number of rotatable bonds is 7. The van der Waals surface area contributed by atoms with E-state index in [1.54, 1.807) is 19.6 Å². The van der Waals surface area contributed by atoms with Crippen molar-refractivity contribution in [3.05, 3.63) is 60.8 Å². The smallest absolute Gasteiger partial charge is 0.223 e. The zero-order valence-corrected chi connectivity index (χ0v) is 20.3. The molecule has 0 saturated heterocycles. The number of benzene rings is 2. The summed E-state index contributed by atoms with van der Waals surface area (Å²) in [5.41, 5.74) is 5.13. The Kier molecular flexibility index (Phi) is 5.57. The number of aryl methyl sites for hydroxylation is 2. The summed E-state index contributed by atoms with van der Waals surface area (Å²) in [4.78, 5) is 22.2. The molecule has 0 spiro atoms. The Morgan fingerprint density at radius 3 is 2.72 bits per heavy atom. The van der Waals surface area contributed by atoms with Crippen molar-refractivity contribution in [3.8, 4) is 11.5 Å². The van der Waals surface area contributed by atoms with E-state index in [-0.39, 0.29) is 0 Å². The van der Waals surface area contributed by atoms with Gasteiger partial charge in [0.05, 0.1) is 29.7 Å². The molecule has 0 aliphatic heterocycles. The second-order valence-corrected chi connectivity index (χ2v) is 9.03. The fourth-order valence-corrected chi connectivity index (χ4v) is 4.36. The van der Waals surface area contributed by atoms with Crippen molar-refractivity contribution in [3.63, 3.8) is 0 Å². The van der Waals surface area contributed by atoms with Crippen LogP contribution in [0.15, 0.2) is 55.2 Å². The third-order valence-electron chi connectivity index (χ3n) is 6.50. The number of imidazole rings is 1. The third-order valence-corrected chi connectivity index (χ3v) is 6.50. The van der Waals surface area contributed by atoms with Gasteiger partial charge in [0, 0.05) is 32.0 Å². The SMILES string of the molecule is CO[C@H]1C[C@@H](Nc2ncc3ncnc(Nc4ccc(Oc5ccc6c(c5)ncn6C)c(C)c4)c3n2)C1. The number of anilines is 3. The molecular formula is C26H26N8O2. The molecule has 2 aromatic carbocycles. The lowest BCUT2D eigenvalue weighted by atomic mass is 9.89. The van der Waals surface area contributed by atoms with E-state index in [1.807, 2.05) is 54.9 Å². The second kappa shape index (κ2) is 9.04. The molecule has 3 heterocycles. The van der Waals surface area contributed by atoms with Gasteiger partial charge in [0.25, 0.3) is 0 Å². The van der Waals surface area contributed by atoms with E-state index in [0.717, 1.165) is 46.6 Å². The molecular weight excluding hydrogens is 456 g/mol. The maximum absolute atomic E-state index is 6.15. The van der Waals surface area contributed by atoms with Crippen LogP contribution in [-0.2, 0) is 11.8 Å². The van der Waals surface area contributed by atoms with Crippen LogP contribution >= 0.6 is 0 Å². The molecule has 2 N–H and O–H groups in total. The Morgan fingerprint density at radius 1 is 1.00 bits per heavy atom. The predicted molar refractivity (Wildman–Crippen MR) is 138 cm³/mol. The zero-order valence-electron chi connectivity index (χ0n) is 20.3. The van der Waals surface area contributed by atoms with Crippen molar-refractivity contribution in [2.45, 2.75) is 31.9 Å². The molecule has 0 amide bonds. The van der Waals surface area contributed by atoms with E-state index in [9.17, 15) is 0 Å². The van der Waals surface area contributed by atoms with Crippen LogP contribution in [0.1, 0.15) is 18.4 Å². The van der Waals surface area contributed by atoms with Crippen LogP contribution in [0.4, 0.5) is 17.5 Å². The minimum absolute atomic E-state index is 0.302. The Hall–Kier alpha value is -4.31. The van der Waals surface area contributed by atoms with Crippen LogP contribution in [-0.4, -0.2) is 48.7 Å². The first-order valence-electron chi connectivity index (χ1n) is 11.8. The topological polar surface area (TPSA) is 112 Å². The molecule has 0 radical (unpaired) electrons. The van der Waals surface area contributed by atoms with Gasteiger partial charge in [-0.1, -0.05) is 0 Å². The molecule has 0 bridgehead atoms.